The molecule has 0 spiro atoms. The average molecular weight is 243 g/mol. The molecule has 1 rings (SSSR count). The maximum absolute atomic E-state index is 10.7. The van der Waals surface area contributed by atoms with Crippen molar-refractivity contribution in [1.29, 1.82) is 0 Å². The second-order valence-electron chi connectivity index (χ2n) is 4.12. The van der Waals surface area contributed by atoms with Crippen molar-refractivity contribution in [2.24, 2.45) is 11.5 Å². The number of carbonyl (C=O) groups excluding carboxylic acids is 1. The average Bonchev–Trinajstić information content (AvgIpc) is 2.49. The van der Waals surface area contributed by atoms with Gasteiger partial charge in [-0.3, -0.25) is 0 Å². The maximum Gasteiger partial charge on any atom is 0.405 e. The molecule has 1 heterocycles. The minimum Gasteiger partial charge on any atom is -0.443 e. The smallest absolute Gasteiger partial charge is 0.405 e. The molecule has 0 fully saturated rings. The molecule has 0 unspecified atom stereocenters. The van der Waals surface area contributed by atoms with Crippen LogP contribution in [0.3, 0.4) is 0 Å². The summed E-state index contributed by atoms with van der Waals surface area (Å²) in [6.07, 6.45) is 2.44. The molecule has 4 N–H and O–H groups in total. The molecule has 0 aliphatic carbocycles. The van der Waals surface area contributed by atoms with Crippen LogP contribution in [0.25, 0.3) is 0 Å². The minimum atomic E-state index is -0.760. The van der Waals surface area contributed by atoms with Crippen molar-refractivity contribution in [3.63, 3.8) is 0 Å². The summed E-state index contributed by atoms with van der Waals surface area (Å²) in [5.41, 5.74) is 9.83. The maximum atomic E-state index is 10.7. The van der Waals surface area contributed by atoms with Crippen LogP contribution < -0.4 is 11.5 Å². The van der Waals surface area contributed by atoms with Crippen LogP contribution in [0.15, 0.2) is 6.20 Å². The molecule has 0 aliphatic heterocycles. The highest BCUT2D eigenvalue weighted by Crippen LogP contribution is 2.21. The Bertz CT molecular complexity index is 363. The SMILES string of the molecule is CC(C)(Cc1ncc(CCN)s1)OC(N)=O. The predicted octanol–water partition coefficient (Wildman–Crippen LogP) is 1.06. The van der Waals surface area contributed by atoms with E-state index in [0.717, 1.165) is 16.3 Å². The Morgan fingerprint density at radius 2 is 2.31 bits per heavy atom. The van der Waals surface area contributed by atoms with Gasteiger partial charge < -0.3 is 16.2 Å². The third-order valence-corrected chi connectivity index (χ3v) is 3.00. The molecule has 0 aromatic carbocycles. The van der Waals surface area contributed by atoms with Gasteiger partial charge in [-0.1, -0.05) is 0 Å². The van der Waals surface area contributed by atoms with Crippen molar-refractivity contribution in [1.82, 2.24) is 4.98 Å². The number of thiazole rings is 1. The van der Waals surface area contributed by atoms with Crippen molar-refractivity contribution in [2.45, 2.75) is 32.3 Å². The zero-order valence-electron chi connectivity index (χ0n) is 9.53. The molecule has 16 heavy (non-hydrogen) atoms. The minimum absolute atomic E-state index is 0.561. The number of carbonyl (C=O) groups is 1. The fraction of sp³-hybridized carbons (Fsp3) is 0.600. The first-order valence-corrected chi connectivity index (χ1v) is 5.87. The topological polar surface area (TPSA) is 91.2 Å². The van der Waals surface area contributed by atoms with Gasteiger partial charge in [-0.15, -0.1) is 11.3 Å². The van der Waals surface area contributed by atoms with Gasteiger partial charge in [0.2, 0.25) is 0 Å². The molecule has 0 bridgehead atoms. The molecule has 90 valence electrons. The molecule has 6 heteroatoms. The Morgan fingerprint density at radius 3 is 2.88 bits per heavy atom. The Hall–Kier alpha value is -1.14. The van der Waals surface area contributed by atoms with Gasteiger partial charge in [0.25, 0.3) is 0 Å². The van der Waals surface area contributed by atoms with Crippen molar-refractivity contribution >= 4 is 17.4 Å². The molecule has 5 nitrogen and oxygen atoms in total. The largest absolute Gasteiger partial charge is 0.443 e. The summed E-state index contributed by atoms with van der Waals surface area (Å²) >= 11 is 1.59. The molecular formula is C10H17N3O2S. The second-order valence-corrected chi connectivity index (χ2v) is 5.32. The quantitative estimate of drug-likeness (QED) is 0.809. The van der Waals surface area contributed by atoms with Gasteiger partial charge in [0, 0.05) is 17.5 Å². The lowest BCUT2D eigenvalue weighted by molar-refractivity contribution is 0.0460. The summed E-state index contributed by atoms with van der Waals surface area (Å²) in [5.74, 6) is 0. The van der Waals surface area contributed by atoms with E-state index >= 15 is 0 Å². The van der Waals surface area contributed by atoms with E-state index in [4.69, 9.17) is 16.2 Å². The standard InChI is InChI=1S/C10H17N3O2S/c1-10(2,15-9(12)14)5-8-13-6-7(16-8)3-4-11/h6H,3-5,11H2,1-2H3,(H2,12,14). The fourth-order valence-corrected chi connectivity index (χ4v) is 2.51. The first kappa shape index (κ1) is 12.9. The van der Waals surface area contributed by atoms with E-state index in [1.165, 1.54) is 0 Å². The van der Waals surface area contributed by atoms with Crippen LogP contribution in [-0.4, -0.2) is 23.2 Å². The van der Waals surface area contributed by atoms with Gasteiger partial charge in [0.05, 0.1) is 5.01 Å². The summed E-state index contributed by atoms with van der Waals surface area (Å²) in [6, 6.07) is 0. The number of primary amides is 1. The zero-order valence-corrected chi connectivity index (χ0v) is 10.3. The van der Waals surface area contributed by atoms with Crippen LogP contribution in [0.2, 0.25) is 0 Å². The highest BCUT2D eigenvalue weighted by Gasteiger charge is 2.23. The van der Waals surface area contributed by atoms with E-state index in [2.05, 4.69) is 4.98 Å². The molecule has 1 aromatic heterocycles. The van der Waals surface area contributed by atoms with Gasteiger partial charge in [-0.05, 0) is 26.8 Å². The molecular weight excluding hydrogens is 226 g/mol. The number of nitrogens with two attached hydrogens (primary N) is 2. The van der Waals surface area contributed by atoms with Crippen LogP contribution in [0.5, 0.6) is 0 Å². The van der Waals surface area contributed by atoms with Crippen molar-refractivity contribution in [3.05, 3.63) is 16.1 Å². The lowest BCUT2D eigenvalue weighted by atomic mass is 10.1. The number of rotatable bonds is 5. The third kappa shape index (κ3) is 4.16. The third-order valence-electron chi connectivity index (χ3n) is 1.95. The van der Waals surface area contributed by atoms with Gasteiger partial charge in [-0.2, -0.15) is 0 Å². The first-order valence-electron chi connectivity index (χ1n) is 5.05. The number of amides is 1. The second kappa shape index (κ2) is 5.27. The van der Waals surface area contributed by atoms with Gasteiger partial charge in [-0.25, -0.2) is 9.78 Å². The monoisotopic (exact) mass is 243 g/mol. The number of hydrogen-bond acceptors (Lipinski definition) is 5. The number of aromatic nitrogens is 1. The fourth-order valence-electron chi connectivity index (χ4n) is 1.36. The Morgan fingerprint density at radius 1 is 1.62 bits per heavy atom. The Labute approximate surface area is 98.8 Å². The highest BCUT2D eigenvalue weighted by molar-refractivity contribution is 7.11. The van der Waals surface area contributed by atoms with Crippen molar-refractivity contribution in [2.75, 3.05) is 6.54 Å². The van der Waals surface area contributed by atoms with Crippen LogP contribution in [0.4, 0.5) is 4.79 Å². The predicted molar refractivity (Wildman–Crippen MR) is 63.3 cm³/mol. The van der Waals surface area contributed by atoms with Gasteiger partial charge >= 0.3 is 6.09 Å². The number of ether oxygens (including phenoxy) is 1. The van der Waals surface area contributed by atoms with Gasteiger partial charge in [0.1, 0.15) is 5.60 Å². The van der Waals surface area contributed by atoms with E-state index in [1.54, 1.807) is 11.3 Å². The molecule has 1 aromatic rings. The van der Waals surface area contributed by atoms with E-state index in [-0.39, 0.29) is 0 Å². The number of nitrogens with zero attached hydrogens (tertiary/aromatic N) is 1. The summed E-state index contributed by atoms with van der Waals surface area (Å²) < 4.78 is 4.99. The van der Waals surface area contributed by atoms with Gasteiger partial charge in [0.15, 0.2) is 0 Å². The summed E-state index contributed by atoms with van der Waals surface area (Å²) in [4.78, 5) is 16.1. The normalized spacial score (nSPS) is 11.4. The molecule has 0 saturated heterocycles. The Kier molecular flexibility index (Phi) is 4.26. The first-order chi connectivity index (χ1) is 7.43. The van der Waals surface area contributed by atoms with Crippen LogP contribution in [0.1, 0.15) is 23.7 Å². The molecule has 0 radical (unpaired) electrons. The van der Waals surface area contributed by atoms with E-state index < -0.39 is 11.7 Å². The molecule has 0 saturated carbocycles. The summed E-state index contributed by atoms with van der Waals surface area (Å²) in [6.45, 7) is 4.23. The van der Waals surface area contributed by atoms with Crippen molar-refractivity contribution in [3.8, 4) is 0 Å². The van der Waals surface area contributed by atoms with Crippen LogP contribution in [0, 0.1) is 0 Å². The summed E-state index contributed by atoms with van der Waals surface area (Å²) in [7, 11) is 0. The van der Waals surface area contributed by atoms with E-state index in [1.807, 2.05) is 20.0 Å². The molecule has 0 atom stereocenters. The van der Waals surface area contributed by atoms with E-state index in [0.29, 0.717) is 13.0 Å². The lowest BCUT2D eigenvalue weighted by Gasteiger charge is -2.22. The molecule has 1 amide bonds. The van der Waals surface area contributed by atoms with E-state index in [9.17, 15) is 4.79 Å². The molecule has 0 aliphatic rings. The summed E-state index contributed by atoms with van der Waals surface area (Å²) in [5, 5.41) is 0.926. The van der Waals surface area contributed by atoms with Crippen molar-refractivity contribution < 1.29 is 9.53 Å². The van der Waals surface area contributed by atoms with Crippen LogP contribution >= 0.6 is 11.3 Å². The van der Waals surface area contributed by atoms with Crippen LogP contribution in [-0.2, 0) is 17.6 Å². The number of hydrogen-bond donors (Lipinski definition) is 2. The zero-order chi connectivity index (χ0) is 12.2. The highest BCUT2D eigenvalue weighted by atomic mass is 32.1. The Balaban J connectivity index is 2.61. The lowest BCUT2D eigenvalue weighted by Crippen LogP contribution is -2.33.